The molecular weight excluding hydrogens is 388 g/mol. The number of para-hydroxylation sites is 2. The highest BCUT2D eigenvalue weighted by Crippen LogP contribution is 2.35. The molecular formula is C19H15ClN2O4S. The van der Waals surface area contributed by atoms with Gasteiger partial charge in [-0.1, -0.05) is 23.7 Å². The van der Waals surface area contributed by atoms with Crippen molar-refractivity contribution in [1.29, 1.82) is 0 Å². The Morgan fingerprint density at radius 3 is 2.48 bits per heavy atom. The fourth-order valence-electron chi connectivity index (χ4n) is 2.78. The molecule has 8 heteroatoms. The number of benzene rings is 2. The number of hydrogen-bond acceptors (Lipinski definition) is 6. The number of ether oxygens (including phenoxy) is 2. The van der Waals surface area contributed by atoms with Gasteiger partial charge in [-0.25, -0.2) is 18.4 Å². The van der Waals surface area contributed by atoms with Crippen LogP contribution in [0.15, 0.2) is 64.5 Å². The van der Waals surface area contributed by atoms with Gasteiger partial charge in [0, 0.05) is 5.02 Å². The van der Waals surface area contributed by atoms with Gasteiger partial charge < -0.3 is 9.47 Å². The summed E-state index contributed by atoms with van der Waals surface area (Å²) < 4.78 is 37.2. The summed E-state index contributed by atoms with van der Waals surface area (Å²) in [6.07, 6.45) is 0.803. The Kier molecular flexibility index (Phi) is 4.49. The lowest BCUT2D eigenvalue weighted by atomic mass is 10.2. The molecule has 1 unspecified atom stereocenters. The average Bonchev–Trinajstić information content (AvgIpc) is 2.67. The number of halogens is 1. The van der Waals surface area contributed by atoms with E-state index in [1.165, 1.54) is 30.5 Å². The van der Waals surface area contributed by atoms with E-state index in [0.29, 0.717) is 28.0 Å². The maximum Gasteiger partial charge on any atom is 0.209 e. The first-order chi connectivity index (χ1) is 12.9. The van der Waals surface area contributed by atoms with Crippen molar-refractivity contribution in [3.63, 3.8) is 0 Å². The van der Waals surface area contributed by atoms with E-state index in [1.807, 2.05) is 18.2 Å². The normalized spacial score (nSPS) is 16.1. The summed E-state index contributed by atoms with van der Waals surface area (Å²) in [5.41, 5.74) is 0.345. The van der Waals surface area contributed by atoms with Crippen LogP contribution in [0.5, 0.6) is 11.5 Å². The standard InChI is InChI=1S/C19H15ClN2O4S/c1-12-18(27(23,24)14-8-6-13(20)7-9-14)10-21-19(22-12)17-11-25-15-4-2-3-5-16(15)26-17/h2-10,17H,11H2,1H3. The Morgan fingerprint density at radius 2 is 1.78 bits per heavy atom. The zero-order valence-corrected chi connectivity index (χ0v) is 15.9. The van der Waals surface area contributed by atoms with Crippen LogP contribution in [0.25, 0.3) is 0 Å². The van der Waals surface area contributed by atoms with E-state index in [9.17, 15) is 8.42 Å². The second kappa shape index (κ2) is 6.83. The van der Waals surface area contributed by atoms with Crippen LogP contribution >= 0.6 is 11.6 Å². The highest BCUT2D eigenvalue weighted by atomic mass is 35.5. The Hall–Kier alpha value is -2.64. The van der Waals surface area contributed by atoms with Crippen molar-refractivity contribution in [1.82, 2.24) is 9.97 Å². The van der Waals surface area contributed by atoms with E-state index < -0.39 is 15.9 Å². The number of aryl methyl sites for hydroxylation is 1. The summed E-state index contributed by atoms with van der Waals surface area (Å²) in [7, 11) is -3.74. The van der Waals surface area contributed by atoms with E-state index in [0.717, 1.165) is 0 Å². The van der Waals surface area contributed by atoms with Crippen molar-refractivity contribution in [2.24, 2.45) is 0 Å². The fourth-order valence-corrected chi connectivity index (χ4v) is 4.28. The Balaban J connectivity index is 1.65. The van der Waals surface area contributed by atoms with Crippen LogP contribution in [0.2, 0.25) is 5.02 Å². The van der Waals surface area contributed by atoms with Crippen LogP contribution in [0, 0.1) is 6.92 Å². The molecule has 0 N–H and O–H groups in total. The Morgan fingerprint density at radius 1 is 1.07 bits per heavy atom. The first kappa shape index (κ1) is 17.8. The van der Waals surface area contributed by atoms with Gasteiger partial charge in [-0.3, -0.25) is 0 Å². The lowest BCUT2D eigenvalue weighted by Gasteiger charge is -2.25. The maximum atomic E-state index is 12.8. The van der Waals surface area contributed by atoms with Gasteiger partial charge in [0.1, 0.15) is 11.5 Å². The van der Waals surface area contributed by atoms with Gasteiger partial charge in [0.2, 0.25) is 9.84 Å². The molecule has 0 spiro atoms. The molecule has 6 nitrogen and oxygen atoms in total. The van der Waals surface area contributed by atoms with Gasteiger partial charge >= 0.3 is 0 Å². The number of hydrogen-bond donors (Lipinski definition) is 0. The fraction of sp³-hybridized carbons (Fsp3) is 0.158. The Bertz CT molecular complexity index is 1100. The third-order valence-corrected chi connectivity index (χ3v) is 6.29. The molecule has 0 amide bonds. The van der Waals surface area contributed by atoms with E-state index >= 15 is 0 Å². The molecule has 4 rings (SSSR count). The third kappa shape index (κ3) is 3.36. The molecule has 138 valence electrons. The second-order valence-electron chi connectivity index (χ2n) is 6.00. The molecule has 0 saturated carbocycles. The summed E-state index contributed by atoms with van der Waals surface area (Å²) in [4.78, 5) is 8.77. The smallest absolute Gasteiger partial charge is 0.209 e. The van der Waals surface area contributed by atoms with Crippen LogP contribution < -0.4 is 9.47 Å². The summed E-state index contributed by atoms with van der Waals surface area (Å²) in [5.74, 6) is 1.64. The maximum absolute atomic E-state index is 12.8. The van der Waals surface area contributed by atoms with Crippen LogP contribution in [0.4, 0.5) is 0 Å². The molecule has 2 aromatic carbocycles. The minimum atomic E-state index is -3.74. The van der Waals surface area contributed by atoms with Gasteiger partial charge in [-0.2, -0.15) is 0 Å². The van der Waals surface area contributed by atoms with Crippen LogP contribution in [0.1, 0.15) is 17.6 Å². The molecule has 3 aromatic rings. The third-order valence-electron chi connectivity index (χ3n) is 4.16. The summed E-state index contributed by atoms with van der Waals surface area (Å²) >= 11 is 5.84. The molecule has 0 bridgehead atoms. The van der Waals surface area contributed by atoms with Gasteiger partial charge in [0.05, 0.1) is 16.8 Å². The summed E-state index contributed by atoms with van der Waals surface area (Å²) in [6.45, 7) is 1.88. The monoisotopic (exact) mass is 402 g/mol. The highest BCUT2D eigenvalue weighted by molar-refractivity contribution is 7.91. The molecule has 0 radical (unpaired) electrons. The lowest BCUT2D eigenvalue weighted by molar-refractivity contribution is 0.0848. The molecule has 0 saturated heterocycles. The van der Waals surface area contributed by atoms with Crippen molar-refractivity contribution in [3.05, 3.63) is 71.3 Å². The molecule has 1 aliphatic rings. The molecule has 2 heterocycles. The van der Waals surface area contributed by atoms with Gasteiger partial charge in [-0.15, -0.1) is 0 Å². The molecule has 27 heavy (non-hydrogen) atoms. The Labute approximate surface area is 161 Å². The molecule has 1 atom stereocenters. The van der Waals surface area contributed by atoms with Crippen molar-refractivity contribution in [2.45, 2.75) is 22.8 Å². The average molecular weight is 403 g/mol. The number of sulfone groups is 1. The van der Waals surface area contributed by atoms with Gasteiger partial charge in [0.15, 0.2) is 23.4 Å². The SMILES string of the molecule is Cc1nc(C2COc3ccccc3O2)ncc1S(=O)(=O)c1ccc(Cl)cc1. The molecule has 0 fully saturated rings. The number of aromatic nitrogens is 2. The highest BCUT2D eigenvalue weighted by Gasteiger charge is 2.27. The number of fused-ring (bicyclic) bond motifs is 1. The quantitative estimate of drug-likeness (QED) is 0.663. The first-order valence-corrected chi connectivity index (χ1v) is 10.0. The number of rotatable bonds is 3. The minimum absolute atomic E-state index is 0.0469. The lowest BCUT2D eigenvalue weighted by Crippen LogP contribution is -2.24. The van der Waals surface area contributed by atoms with Crippen LogP contribution in [-0.4, -0.2) is 25.0 Å². The topological polar surface area (TPSA) is 78.4 Å². The van der Waals surface area contributed by atoms with Gasteiger partial charge in [-0.05, 0) is 43.3 Å². The second-order valence-corrected chi connectivity index (χ2v) is 8.35. The summed E-state index contributed by atoms with van der Waals surface area (Å²) in [6, 6.07) is 13.3. The van der Waals surface area contributed by atoms with Crippen LogP contribution in [-0.2, 0) is 9.84 Å². The largest absolute Gasteiger partial charge is 0.485 e. The predicted octanol–water partition coefficient (Wildman–Crippen LogP) is 3.78. The first-order valence-electron chi connectivity index (χ1n) is 8.18. The van der Waals surface area contributed by atoms with E-state index in [2.05, 4.69) is 9.97 Å². The van der Waals surface area contributed by atoms with E-state index in [4.69, 9.17) is 21.1 Å². The zero-order valence-electron chi connectivity index (χ0n) is 14.3. The molecule has 1 aromatic heterocycles. The van der Waals surface area contributed by atoms with Crippen LogP contribution in [0.3, 0.4) is 0 Å². The molecule has 0 aliphatic carbocycles. The van der Waals surface area contributed by atoms with E-state index in [-0.39, 0.29) is 16.4 Å². The number of nitrogens with zero attached hydrogens (tertiary/aromatic N) is 2. The minimum Gasteiger partial charge on any atom is -0.485 e. The zero-order chi connectivity index (χ0) is 19.0. The van der Waals surface area contributed by atoms with Crippen molar-refractivity contribution >= 4 is 21.4 Å². The molecule has 1 aliphatic heterocycles. The van der Waals surface area contributed by atoms with Crippen molar-refractivity contribution < 1.29 is 17.9 Å². The van der Waals surface area contributed by atoms with Crippen molar-refractivity contribution in [2.75, 3.05) is 6.61 Å². The summed E-state index contributed by atoms with van der Waals surface area (Å²) in [5, 5.41) is 0.465. The van der Waals surface area contributed by atoms with Gasteiger partial charge in [0.25, 0.3) is 0 Å². The predicted molar refractivity (Wildman–Crippen MR) is 99.0 cm³/mol. The van der Waals surface area contributed by atoms with E-state index in [1.54, 1.807) is 13.0 Å². The van der Waals surface area contributed by atoms with Crippen molar-refractivity contribution in [3.8, 4) is 11.5 Å².